The van der Waals surface area contributed by atoms with Crippen molar-refractivity contribution in [3.8, 4) is 0 Å². The smallest absolute Gasteiger partial charge is 0.0416 e. The second-order valence-electron chi connectivity index (χ2n) is 4.54. The maximum absolute atomic E-state index is 4.32. The second-order valence-corrected chi connectivity index (χ2v) is 4.54. The molecule has 1 aliphatic rings. The maximum atomic E-state index is 4.32. The maximum Gasteiger partial charge on any atom is 0.0416 e. The van der Waals surface area contributed by atoms with Gasteiger partial charge in [-0.3, -0.25) is 4.98 Å². The molecule has 2 heteroatoms. The molecule has 2 rings (SSSR count). The number of pyridine rings is 1. The van der Waals surface area contributed by atoms with Crippen LogP contribution in [0.4, 0.5) is 0 Å². The molecule has 0 bridgehead atoms. The van der Waals surface area contributed by atoms with Crippen molar-refractivity contribution in [2.75, 3.05) is 6.54 Å². The highest BCUT2D eigenvalue weighted by Crippen LogP contribution is 2.24. The summed E-state index contributed by atoms with van der Waals surface area (Å²) >= 11 is 0. The minimum Gasteiger partial charge on any atom is -0.313 e. The molecule has 1 aromatic heterocycles. The number of nitrogens with zero attached hydrogens (tertiary/aromatic N) is 1. The van der Waals surface area contributed by atoms with Crippen LogP contribution in [-0.2, 0) is 6.42 Å². The molecule has 1 N–H and O–H groups in total. The molecule has 1 fully saturated rings. The zero-order chi connectivity index (χ0) is 10.5. The average molecular weight is 204 g/mol. The second kappa shape index (κ2) is 5.26. The van der Waals surface area contributed by atoms with E-state index in [9.17, 15) is 0 Å². The monoisotopic (exact) mass is 204 g/mol. The molecule has 2 atom stereocenters. The Morgan fingerprint density at radius 3 is 3.00 bits per heavy atom. The van der Waals surface area contributed by atoms with Gasteiger partial charge >= 0.3 is 0 Å². The predicted octanol–water partition coefficient (Wildman–Crippen LogP) is 2.40. The fourth-order valence-corrected chi connectivity index (χ4v) is 2.38. The van der Waals surface area contributed by atoms with Gasteiger partial charge in [0.05, 0.1) is 0 Å². The molecule has 0 aliphatic heterocycles. The lowest BCUT2D eigenvalue weighted by molar-refractivity contribution is 0.429. The highest BCUT2D eigenvalue weighted by atomic mass is 14.9. The Morgan fingerprint density at radius 1 is 1.40 bits per heavy atom. The topological polar surface area (TPSA) is 24.9 Å². The van der Waals surface area contributed by atoms with Crippen LogP contribution in [0.3, 0.4) is 0 Å². The van der Waals surface area contributed by atoms with E-state index in [0.29, 0.717) is 0 Å². The van der Waals surface area contributed by atoms with Crippen molar-refractivity contribution in [3.05, 3.63) is 30.1 Å². The van der Waals surface area contributed by atoms with E-state index < -0.39 is 0 Å². The summed E-state index contributed by atoms with van der Waals surface area (Å²) in [5, 5.41) is 3.64. The van der Waals surface area contributed by atoms with E-state index in [2.05, 4.69) is 29.4 Å². The first-order valence-electron chi connectivity index (χ1n) is 5.99. The number of hydrogen-bond acceptors (Lipinski definition) is 2. The lowest BCUT2D eigenvalue weighted by Gasteiger charge is -2.16. The largest absolute Gasteiger partial charge is 0.313 e. The number of hydrogen-bond donors (Lipinski definition) is 1. The van der Waals surface area contributed by atoms with Gasteiger partial charge in [-0.05, 0) is 30.9 Å². The SMILES string of the molecule is C[C@H]1CCC[C@@H]1NCCc1ccccn1. The highest BCUT2D eigenvalue weighted by molar-refractivity contribution is 5.03. The summed E-state index contributed by atoms with van der Waals surface area (Å²) in [7, 11) is 0. The Labute approximate surface area is 92.1 Å². The third-order valence-electron chi connectivity index (χ3n) is 3.38. The van der Waals surface area contributed by atoms with Crippen molar-refractivity contribution in [2.45, 2.75) is 38.6 Å². The van der Waals surface area contributed by atoms with Crippen LogP contribution < -0.4 is 5.32 Å². The van der Waals surface area contributed by atoms with Crippen LogP contribution in [0.1, 0.15) is 31.9 Å². The molecule has 0 saturated heterocycles. The Balaban J connectivity index is 1.71. The van der Waals surface area contributed by atoms with Crippen molar-refractivity contribution in [2.24, 2.45) is 5.92 Å². The van der Waals surface area contributed by atoms with Crippen molar-refractivity contribution in [3.63, 3.8) is 0 Å². The minimum atomic E-state index is 0.744. The molecular weight excluding hydrogens is 184 g/mol. The first kappa shape index (κ1) is 10.6. The minimum absolute atomic E-state index is 0.744. The summed E-state index contributed by atoms with van der Waals surface area (Å²) in [5.74, 6) is 0.855. The molecule has 2 nitrogen and oxygen atoms in total. The van der Waals surface area contributed by atoms with Gasteiger partial charge in [0, 0.05) is 30.9 Å². The van der Waals surface area contributed by atoms with Gasteiger partial charge in [-0.2, -0.15) is 0 Å². The molecule has 82 valence electrons. The van der Waals surface area contributed by atoms with E-state index >= 15 is 0 Å². The zero-order valence-corrected chi connectivity index (χ0v) is 9.45. The predicted molar refractivity (Wildman–Crippen MR) is 62.7 cm³/mol. The quantitative estimate of drug-likeness (QED) is 0.814. The van der Waals surface area contributed by atoms with E-state index in [0.717, 1.165) is 24.9 Å². The van der Waals surface area contributed by atoms with Gasteiger partial charge in [0.15, 0.2) is 0 Å². The van der Waals surface area contributed by atoms with Crippen LogP contribution >= 0.6 is 0 Å². The van der Waals surface area contributed by atoms with Crippen LogP contribution in [0.5, 0.6) is 0 Å². The Morgan fingerprint density at radius 2 is 2.33 bits per heavy atom. The molecular formula is C13H20N2. The summed E-state index contributed by atoms with van der Waals surface area (Å²) < 4.78 is 0. The molecule has 15 heavy (non-hydrogen) atoms. The fourth-order valence-electron chi connectivity index (χ4n) is 2.38. The normalized spacial score (nSPS) is 25.7. The molecule has 1 aliphatic carbocycles. The molecule has 1 heterocycles. The van der Waals surface area contributed by atoms with Crippen molar-refractivity contribution in [1.82, 2.24) is 10.3 Å². The first-order valence-corrected chi connectivity index (χ1v) is 5.99. The number of nitrogens with one attached hydrogen (secondary N) is 1. The van der Waals surface area contributed by atoms with Crippen molar-refractivity contribution in [1.29, 1.82) is 0 Å². The van der Waals surface area contributed by atoms with Gasteiger partial charge < -0.3 is 5.32 Å². The first-order chi connectivity index (χ1) is 7.36. The van der Waals surface area contributed by atoms with Gasteiger partial charge in [0.25, 0.3) is 0 Å². The van der Waals surface area contributed by atoms with Crippen molar-refractivity contribution < 1.29 is 0 Å². The van der Waals surface area contributed by atoms with Crippen LogP contribution in [0.2, 0.25) is 0 Å². The zero-order valence-electron chi connectivity index (χ0n) is 9.45. The van der Waals surface area contributed by atoms with E-state index in [1.54, 1.807) is 0 Å². The van der Waals surface area contributed by atoms with E-state index in [4.69, 9.17) is 0 Å². The van der Waals surface area contributed by atoms with Crippen LogP contribution in [0, 0.1) is 5.92 Å². The van der Waals surface area contributed by atoms with Gasteiger partial charge in [0.1, 0.15) is 0 Å². The molecule has 1 saturated carbocycles. The lowest BCUT2D eigenvalue weighted by atomic mass is 10.1. The highest BCUT2D eigenvalue weighted by Gasteiger charge is 2.21. The molecule has 0 amide bonds. The number of rotatable bonds is 4. The third-order valence-corrected chi connectivity index (χ3v) is 3.38. The molecule has 0 radical (unpaired) electrons. The van der Waals surface area contributed by atoms with Gasteiger partial charge in [-0.25, -0.2) is 0 Å². The fraction of sp³-hybridized carbons (Fsp3) is 0.615. The van der Waals surface area contributed by atoms with Crippen LogP contribution in [0.15, 0.2) is 24.4 Å². The molecule has 0 spiro atoms. The standard InChI is InChI=1S/C13H20N2/c1-11-5-4-7-13(11)15-10-8-12-6-2-3-9-14-12/h2-3,6,9,11,13,15H,4-5,7-8,10H2,1H3/t11-,13-/m0/s1. The lowest BCUT2D eigenvalue weighted by Crippen LogP contribution is -2.32. The van der Waals surface area contributed by atoms with Gasteiger partial charge in [0.2, 0.25) is 0 Å². The van der Waals surface area contributed by atoms with Crippen molar-refractivity contribution >= 4 is 0 Å². The van der Waals surface area contributed by atoms with E-state index in [1.807, 2.05) is 12.3 Å². The Hall–Kier alpha value is -0.890. The summed E-state index contributed by atoms with van der Waals surface area (Å²) in [6, 6.07) is 6.87. The average Bonchev–Trinajstić information content (AvgIpc) is 2.66. The summed E-state index contributed by atoms with van der Waals surface area (Å²) in [4.78, 5) is 4.32. The molecule has 1 aromatic rings. The Bertz CT molecular complexity index is 284. The summed E-state index contributed by atoms with van der Waals surface area (Å²) in [6.45, 7) is 3.41. The van der Waals surface area contributed by atoms with E-state index in [1.165, 1.54) is 25.0 Å². The van der Waals surface area contributed by atoms with Gasteiger partial charge in [-0.15, -0.1) is 0 Å². The summed E-state index contributed by atoms with van der Waals surface area (Å²) in [5.41, 5.74) is 1.19. The van der Waals surface area contributed by atoms with Gasteiger partial charge in [-0.1, -0.05) is 19.4 Å². The number of aromatic nitrogens is 1. The Kier molecular flexibility index (Phi) is 3.73. The molecule has 0 aromatic carbocycles. The molecule has 0 unspecified atom stereocenters. The van der Waals surface area contributed by atoms with Crippen LogP contribution in [0.25, 0.3) is 0 Å². The van der Waals surface area contributed by atoms with E-state index in [-0.39, 0.29) is 0 Å². The van der Waals surface area contributed by atoms with Crippen LogP contribution in [-0.4, -0.2) is 17.6 Å². The third kappa shape index (κ3) is 3.03. The summed E-state index contributed by atoms with van der Waals surface area (Å²) in [6.07, 6.45) is 7.05.